The number of nitrogens with zero attached hydrogens (tertiary/aromatic N) is 1. The zero-order valence-electron chi connectivity index (χ0n) is 13.8. The predicted molar refractivity (Wildman–Crippen MR) is 94.2 cm³/mol. The van der Waals surface area contributed by atoms with Crippen LogP contribution in [0.15, 0.2) is 18.2 Å². The summed E-state index contributed by atoms with van der Waals surface area (Å²) in [6.45, 7) is 5.42. The lowest BCUT2D eigenvalue weighted by molar-refractivity contribution is -0.133. The zero-order chi connectivity index (χ0) is 15.6. The van der Waals surface area contributed by atoms with Crippen LogP contribution in [0.5, 0.6) is 5.75 Å². The van der Waals surface area contributed by atoms with Crippen LogP contribution in [0, 0.1) is 5.41 Å². The molecule has 2 heterocycles. The van der Waals surface area contributed by atoms with Gasteiger partial charge in [-0.3, -0.25) is 4.79 Å². The summed E-state index contributed by atoms with van der Waals surface area (Å²) >= 11 is 0. The Kier molecular flexibility index (Phi) is 5.93. The molecule has 0 aliphatic carbocycles. The van der Waals surface area contributed by atoms with E-state index in [-0.39, 0.29) is 23.7 Å². The van der Waals surface area contributed by atoms with Gasteiger partial charge in [-0.05, 0) is 48.4 Å². The molecule has 1 fully saturated rings. The van der Waals surface area contributed by atoms with Crippen LogP contribution in [0.25, 0.3) is 0 Å². The lowest BCUT2D eigenvalue weighted by atomic mass is 9.80. The second-order valence-corrected chi connectivity index (χ2v) is 6.94. The van der Waals surface area contributed by atoms with Gasteiger partial charge in [-0.25, -0.2) is 0 Å². The van der Waals surface area contributed by atoms with E-state index < -0.39 is 0 Å². The first kappa shape index (κ1) is 18.1. The number of likely N-dealkylation sites (tertiary alicyclic amines) is 1. The van der Waals surface area contributed by atoms with Crippen LogP contribution >= 0.6 is 12.4 Å². The SMILES string of the molecule is CC1(CN)CCN(C(=O)CCc2ccc3c(c2)CCO3)CC1.Cl. The van der Waals surface area contributed by atoms with Crippen molar-refractivity contribution in [1.82, 2.24) is 4.90 Å². The molecule has 0 unspecified atom stereocenters. The van der Waals surface area contributed by atoms with Gasteiger partial charge in [0.15, 0.2) is 0 Å². The third kappa shape index (κ3) is 4.18. The normalized spacial score (nSPS) is 18.8. The number of aryl methyl sites for hydroxylation is 1. The number of piperidine rings is 1. The molecule has 0 atom stereocenters. The van der Waals surface area contributed by atoms with Gasteiger partial charge in [0.25, 0.3) is 0 Å². The summed E-state index contributed by atoms with van der Waals surface area (Å²) in [6, 6.07) is 6.31. The van der Waals surface area contributed by atoms with E-state index in [1.807, 2.05) is 11.0 Å². The molecule has 0 spiro atoms. The van der Waals surface area contributed by atoms with E-state index in [9.17, 15) is 4.79 Å². The van der Waals surface area contributed by atoms with Gasteiger partial charge < -0.3 is 15.4 Å². The van der Waals surface area contributed by atoms with Gasteiger partial charge in [0, 0.05) is 25.9 Å². The van der Waals surface area contributed by atoms with E-state index in [1.54, 1.807) is 0 Å². The summed E-state index contributed by atoms with van der Waals surface area (Å²) in [6.07, 6.45) is 4.44. The smallest absolute Gasteiger partial charge is 0.222 e. The fourth-order valence-electron chi connectivity index (χ4n) is 3.30. The van der Waals surface area contributed by atoms with Crippen molar-refractivity contribution in [2.24, 2.45) is 11.1 Å². The van der Waals surface area contributed by atoms with E-state index in [1.165, 1.54) is 11.1 Å². The fraction of sp³-hybridized carbons (Fsp3) is 0.611. The molecule has 3 rings (SSSR count). The first-order valence-corrected chi connectivity index (χ1v) is 8.32. The van der Waals surface area contributed by atoms with Crippen molar-refractivity contribution < 1.29 is 9.53 Å². The molecule has 0 bridgehead atoms. The zero-order valence-corrected chi connectivity index (χ0v) is 14.7. The van der Waals surface area contributed by atoms with Crippen molar-refractivity contribution in [3.8, 4) is 5.75 Å². The molecular weight excluding hydrogens is 312 g/mol. The first-order valence-electron chi connectivity index (χ1n) is 8.32. The van der Waals surface area contributed by atoms with Crippen LogP contribution in [0.1, 0.15) is 37.3 Å². The number of carbonyl (C=O) groups excluding carboxylic acids is 1. The van der Waals surface area contributed by atoms with E-state index in [0.717, 1.165) is 51.1 Å². The maximum atomic E-state index is 12.4. The number of rotatable bonds is 4. The minimum Gasteiger partial charge on any atom is -0.493 e. The van der Waals surface area contributed by atoms with Crippen molar-refractivity contribution >= 4 is 18.3 Å². The molecule has 1 saturated heterocycles. The molecule has 2 aliphatic rings. The number of amides is 1. The Morgan fingerprint density at radius 2 is 2.09 bits per heavy atom. The molecule has 2 N–H and O–H groups in total. The van der Waals surface area contributed by atoms with Crippen LogP contribution in [0.4, 0.5) is 0 Å². The fourth-order valence-corrected chi connectivity index (χ4v) is 3.30. The van der Waals surface area contributed by atoms with Crippen LogP contribution in [-0.2, 0) is 17.6 Å². The van der Waals surface area contributed by atoms with Crippen molar-refractivity contribution in [1.29, 1.82) is 0 Å². The minimum atomic E-state index is 0. The number of halogens is 1. The van der Waals surface area contributed by atoms with E-state index in [4.69, 9.17) is 10.5 Å². The van der Waals surface area contributed by atoms with Crippen LogP contribution in [-0.4, -0.2) is 37.0 Å². The summed E-state index contributed by atoms with van der Waals surface area (Å²) in [5.41, 5.74) is 8.56. The minimum absolute atomic E-state index is 0. The monoisotopic (exact) mass is 338 g/mol. The van der Waals surface area contributed by atoms with Gasteiger partial charge in [0.2, 0.25) is 5.91 Å². The summed E-state index contributed by atoms with van der Waals surface area (Å²) in [5, 5.41) is 0. The first-order chi connectivity index (χ1) is 10.6. The Morgan fingerprint density at radius 1 is 1.35 bits per heavy atom. The van der Waals surface area contributed by atoms with Crippen LogP contribution in [0.2, 0.25) is 0 Å². The molecule has 1 aromatic rings. The maximum absolute atomic E-state index is 12.4. The average molecular weight is 339 g/mol. The number of hydrogen-bond acceptors (Lipinski definition) is 3. The molecule has 5 heteroatoms. The number of benzene rings is 1. The Labute approximate surface area is 144 Å². The number of nitrogens with two attached hydrogens (primary N) is 1. The van der Waals surface area contributed by atoms with Gasteiger partial charge >= 0.3 is 0 Å². The Hall–Kier alpha value is -1.26. The summed E-state index contributed by atoms with van der Waals surface area (Å²) in [4.78, 5) is 14.4. The van der Waals surface area contributed by atoms with Crippen molar-refractivity contribution in [3.63, 3.8) is 0 Å². The predicted octanol–water partition coefficient (Wildman–Crippen LogP) is 2.56. The molecular formula is C18H27ClN2O2. The molecule has 0 aromatic heterocycles. The molecule has 1 aromatic carbocycles. The average Bonchev–Trinajstić information content (AvgIpc) is 3.01. The number of fused-ring (bicyclic) bond motifs is 1. The van der Waals surface area contributed by atoms with Gasteiger partial charge in [0.1, 0.15) is 5.75 Å². The molecule has 0 saturated carbocycles. The van der Waals surface area contributed by atoms with Crippen LogP contribution in [0.3, 0.4) is 0 Å². The highest BCUT2D eigenvalue weighted by molar-refractivity contribution is 5.85. The highest BCUT2D eigenvalue weighted by Crippen LogP contribution is 2.30. The number of ether oxygens (including phenoxy) is 1. The van der Waals surface area contributed by atoms with Crippen LogP contribution < -0.4 is 10.5 Å². The highest BCUT2D eigenvalue weighted by Gasteiger charge is 2.30. The third-order valence-electron chi connectivity index (χ3n) is 5.20. The van der Waals surface area contributed by atoms with Gasteiger partial charge in [-0.2, -0.15) is 0 Å². The van der Waals surface area contributed by atoms with Gasteiger partial charge in [-0.1, -0.05) is 19.1 Å². The van der Waals surface area contributed by atoms with Gasteiger partial charge in [0.05, 0.1) is 6.61 Å². The molecule has 23 heavy (non-hydrogen) atoms. The summed E-state index contributed by atoms with van der Waals surface area (Å²) in [5.74, 6) is 1.28. The number of carbonyl (C=O) groups is 1. The largest absolute Gasteiger partial charge is 0.493 e. The maximum Gasteiger partial charge on any atom is 0.222 e. The van der Waals surface area contributed by atoms with E-state index in [0.29, 0.717) is 13.0 Å². The van der Waals surface area contributed by atoms with Crippen molar-refractivity contribution in [3.05, 3.63) is 29.3 Å². The second kappa shape index (κ2) is 7.54. The van der Waals surface area contributed by atoms with Crippen molar-refractivity contribution in [2.75, 3.05) is 26.2 Å². The number of hydrogen-bond donors (Lipinski definition) is 1. The standard InChI is InChI=1S/C18H26N2O2.ClH/c1-18(13-19)7-9-20(10-8-18)17(21)5-3-14-2-4-16-15(12-14)6-11-22-16;/h2,4,12H,3,5-11,13,19H2,1H3;1H. The summed E-state index contributed by atoms with van der Waals surface area (Å²) in [7, 11) is 0. The lowest BCUT2D eigenvalue weighted by Crippen LogP contribution is -2.44. The molecule has 4 nitrogen and oxygen atoms in total. The Morgan fingerprint density at radius 3 is 2.78 bits per heavy atom. The summed E-state index contributed by atoms with van der Waals surface area (Å²) < 4.78 is 5.52. The Bertz CT molecular complexity index is 554. The molecule has 1 amide bonds. The lowest BCUT2D eigenvalue weighted by Gasteiger charge is -2.38. The molecule has 128 valence electrons. The molecule has 2 aliphatic heterocycles. The quantitative estimate of drug-likeness (QED) is 0.918. The third-order valence-corrected chi connectivity index (χ3v) is 5.20. The highest BCUT2D eigenvalue weighted by atomic mass is 35.5. The van der Waals surface area contributed by atoms with E-state index >= 15 is 0 Å². The second-order valence-electron chi connectivity index (χ2n) is 6.94. The van der Waals surface area contributed by atoms with Gasteiger partial charge in [-0.15, -0.1) is 12.4 Å². The van der Waals surface area contributed by atoms with Crippen molar-refractivity contribution in [2.45, 2.75) is 39.0 Å². The van der Waals surface area contributed by atoms with E-state index in [2.05, 4.69) is 19.1 Å². The topological polar surface area (TPSA) is 55.6 Å². The Balaban J connectivity index is 0.00000192. The molecule has 0 radical (unpaired) electrons.